The van der Waals surface area contributed by atoms with Crippen LogP contribution in [0.15, 0.2) is 42.5 Å². The quantitative estimate of drug-likeness (QED) is 0.631. The average Bonchev–Trinajstić information content (AvgIpc) is 3.09. The van der Waals surface area contributed by atoms with Crippen molar-refractivity contribution in [1.29, 1.82) is 0 Å². The molecule has 1 aliphatic heterocycles. The summed E-state index contributed by atoms with van der Waals surface area (Å²) in [5.41, 5.74) is 4.85. The van der Waals surface area contributed by atoms with E-state index in [1.165, 1.54) is 0 Å². The number of fused-ring (bicyclic) bond motifs is 1. The molecule has 2 fully saturated rings. The fraction of sp³-hybridized carbons (Fsp3) is 0.423. The van der Waals surface area contributed by atoms with Crippen molar-refractivity contribution in [2.24, 2.45) is 12.5 Å². The van der Waals surface area contributed by atoms with Crippen LogP contribution in [0.4, 0.5) is 0 Å². The maximum Gasteiger partial charge on any atom is 0.253 e. The Morgan fingerprint density at radius 2 is 1.53 bits per heavy atom. The molecule has 0 bridgehead atoms. The molecule has 3 aromatic rings. The van der Waals surface area contributed by atoms with Crippen LogP contribution in [0.1, 0.15) is 42.2 Å². The molecule has 2 aromatic carbocycles. The number of hydrogen-bond acceptors (Lipinski definition) is 3. The molecule has 1 aromatic heterocycles. The Morgan fingerprint density at radius 1 is 0.906 bits per heavy atom. The minimum Gasteiger partial charge on any atom is -0.339 e. The zero-order valence-corrected chi connectivity index (χ0v) is 19.1. The Morgan fingerprint density at radius 3 is 2.16 bits per heavy atom. The molecular weight excluding hydrogens is 400 g/mol. The van der Waals surface area contributed by atoms with E-state index in [9.17, 15) is 9.59 Å². The van der Waals surface area contributed by atoms with Crippen LogP contribution in [0, 0.1) is 12.3 Å². The minimum absolute atomic E-state index is 0.0389. The summed E-state index contributed by atoms with van der Waals surface area (Å²) < 4.78 is 1.90. The molecule has 2 aliphatic rings. The molecule has 2 heterocycles. The number of aromatic nitrogens is 2. The van der Waals surface area contributed by atoms with Gasteiger partial charge in [0.25, 0.3) is 5.91 Å². The summed E-state index contributed by atoms with van der Waals surface area (Å²) in [6.07, 6.45) is 3.13. The summed E-state index contributed by atoms with van der Waals surface area (Å²) in [5, 5.41) is 5.64. The molecule has 1 saturated carbocycles. The lowest BCUT2D eigenvalue weighted by atomic mass is 9.69. The summed E-state index contributed by atoms with van der Waals surface area (Å²) in [5.74, 6) is 0.304. The summed E-state index contributed by atoms with van der Waals surface area (Å²) >= 11 is 0. The zero-order valence-electron chi connectivity index (χ0n) is 19.1. The number of nitrogens with zero attached hydrogens (tertiary/aromatic N) is 4. The van der Waals surface area contributed by atoms with Crippen LogP contribution in [-0.2, 0) is 11.8 Å². The van der Waals surface area contributed by atoms with E-state index in [0.29, 0.717) is 31.7 Å². The molecule has 0 atom stereocenters. The highest BCUT2D eigenvalue weighted by atomic mass is 16.2. The van der Waals surface area contributed by atoms with Gasteiger partial charge in [-0.2, -0.15) is 5.10 Å². The predicted molar refractivity (Wildman–Crippen MR) is 125 cm³/mol. The number of aryl methyl sites for hydroxylation is 2. The Bertz CT molecular complexity index is 1180. The van der Waals surface area contributed by atoms with Crippen molar-refractivity contribution in [2.75, 3.05) is 26.2 Å². The van der Waals surface area contributed by atoms with Crippen LogP contribution < -0.4 is 0 Å². The number of carbonyl (C=O) groups excluding carboxylic acids is 2. The fourth-order valence-corrected chi connectivity index (χ4v) is 5.02. The van der Waals surface area contributed by atoms with Gasteiger partial charge in [0.15, 0.2) is 0 Å². The molecule has 6 heteroatoms. The van der Waals surface area contributed by atoms with Crippen LogP contribution in [0.25, 0.3) is 22.0 Å². The largest absolute Gasteiger partial charge is 0.339 e. The zero-order chi connectivity index (χ0) is 22.5. The van der Waals surface area contributed by atoms with Crippen molar-refractivity contribution >= 4 is 22.7 Å². The molecular formula is C26H30N4O2. The van der Waals surface area contributed by atoms with E-state index >= 15 is 0 Å². The lowest BCUT2D eigenvalue weighted by molar-refractivity contribution is -0.147. The summed E-state index contributed by atoms with van der Waals surface area (Å²) in [6.45, 7) is 6.54. The monoisotopic (exact) mass is 430 g/mol. The lowest BCUT2D eigenvalue weighted by Gasteiger charge is -2.43. The van der Waals surface area contributed by atoms with Gasteiger partial charge in [-0.3, -0.25) is 14.3 Å². The van der Waals surface area contributed by atoms with E-state index in [1.807, 2.05) is 52.7 Å². The van der Waals surface area contributed by atoms with Gasteiger partial charge in [0.1, 0.15) is 0 Å². The molecule has 166 valence electrons. The highest BCUT2D eigenvalue weighted by molar-refractivity contribution is 5.95. The number of rotatable bonds is 3. The second kappa shape index (κ2) is 7.76. The Labute approximate surface area is 188 Å². The number of benzene rings is 2. The van der Waals surface area contributed by atoms with E-state index in [4.69, 9.17) is 0 Å². The van der Waals surface area contributed by atoms with E-state index < -0.39 is 0 Å². The molecule has 0 N–H and O–H groups in total. The van der Waals surface area contributed by atoms with Crippen molar-refractivity contribution < 1.29 is 9.59 Å². The summed E-state index contributed by atoms with van der Waals surface area (Å²) in [7, 11) is 1.96. The maximum absolute atomic E-state index is 13.0. The van der Waals surface area contributed by atoms with Gasteiger partial charge in [0.2, 0.25) is 5.91 Å². The Hall–Kier alpha value is -3.15. The number of amides is 2. The van der Waals surface area contributed by atoms with Crippen LogP contribution in [0.2, 0.25) is 0 Å². The normalized spacial score (nSPS) is 18.0. The number of hydrogen-bond donors (Lipinski definition) is 0. The molecule has 5 rings (SSSR count). The van der Waals surface area contributed by atoms with Crippen LogP contribution in [-0.4, -0.2) is 57.6 Å². The number of carbonyl (C=O) groups is 2. The number of piperazine rings is 1. The van der Waals surface area contributed by atoms with E-state index in [1.54, 1.807) is 0 Å². The van der Waals surface area contributed by atoms with Gasteiger partial charge >= 0.3 is 0 Å². The predicted octanol–water partition coefficient (Wildman–Crippen LogP) is 4.02. The van der Waals surface area contributed by atoms with Crippen LogP contribution in [0.3, 0.4) is 0 Å². The van der Waals surface area contributed by atoms with E-state index in [0.717, 1.165) is 47.0 Å². The van der Waals surface area contributed by atoms with Crippen molar-refractivity contribution in [2.45, 2.75) is 33.1 Å². The maximum atomic E-state index is 13.0. The third kappa shape index (κ3) is 3.48. The van der Waals surface area contributed by atoms with Crippen LogP contribution in [0.5, 0.6) is 0 Å². The van der Waals surface area contributed by atoms with Crippen molar-refractivity contribution in [1.82, 2.24) is 19.6 Å². The van der Waals surface area contributed by atoms with Crippen molar-refractivity contribution in [3.05, 3.63) is 53.7 Å². The molecule has 2 amide bonds. The second-order valence-electron chi connectivity index (χ2n) is 9.52. The van der Waals surface area contributed by atoms with E-state index in [-0.39, 0.29) is 17.2 Å². The first-order chi connectivity index (χ1) is 15.4. The SMILES string of the molecule is Cc1nn(C)c2ccc(-c3ccc(C(=O)N4CCN(C(=O)C5(C)CCC5)CC4)cc3)cc12. The van der Waals surface area contributed by atoms with Crippen molar-refractivity contribution in [3.8, 4) is 11.1 Å². The van der Waals surface area contributed by atoms with Gasteiger partial charge in [-0.25, -0.2) is 0 Å². The standard InChI is InChI=1S/C26H30N4O2/c1-18-22-17-21(9-10-23(22)28(3)27-18)19-5-7-20(8-6-19)24(31)29-13-15-30(16-14-29)25(32)26(2)11-4-12-26/h5-10,17H,4,11-16H2,1-3H3. The first-order valence-corrected chi connectivity index (χ1v) is 11.5. The summed E-state index contributed by atoms with van der Waals surface area (Å²) in [6, 6.07) is 14.2. The van der Waals surface area contributed by atoms with Gasteiger partial charge in [-0.1, -0.05) is 31.5 Å². The van der Waals surface area contributed by atoms with Gasteiger partial charge in [0.05, 0.1) is 11.2 Å². The first kappa shape index (κ1) is 20.7. The minimum atomic E-state index is -0.167. The smallest absolute Gasteiger partial charge is 0.253 e. The van der Waals surface area contributed by atoms with Crippen molar-refractivity contribution in [3.63, 3.8) is 0 Å². The molecule has 0 unspecified atom stereocenters. The fourth-order valence-electron chi connectivity index (χ4n) is 5.02. The topological polar surface area (TPSA) is 58.4 Å². The molecule has 6 nitrogen and oxygen atoms in total. The molecule has 1 saturated heterocycles. The Kier molecular flexibility index (Phi) is 5.03. The molecule has 0 radical (unpaired) electrons. The molecule has 32 heavy (non-hydrogen) atoms. The van der Waals surface area contributed by atoms with Crippen LogP contribution >= 0.6 is 0 Å². The highest BCUT2D eigenvalue weighted by Gasteiger charge is 2.42. The summed E-state index contributed by atoms with van der Waals surface area (Å²) in [4.78, 5) is 29.6. The second-order valence-corrected chi connectivity index (χ2v) is 9.52. The third-order valence-electron chi connectivity index (χ3n) is 7.33. The van der Waals surface area contributed by atoms with E-state index in [2.05, 4.69) is 30.2 Å². The highest BCUT2D eigenvalue weighted by Crippen LogP contribution is 2.42. The third-order valence-corrected chi connectivity index (χ3v) is 7.33. The molecule has 1 aliphatic carbocycles. The first-order valence-electron chi connectivity index (χ1n) is 11.5. The Balaban J connectivity index is 1.26. The van der Waals surface area contributed by atoms with Gasteiger partial charge < -0.3 is 9.80 Å². The van der Waals surface area contributed by atoms with Gasteiger partial charge in [-0.15, -0.1) is 0 Å². The lowest BCUT2D eigenvalue weighted by Crippen LogP contribution is -2.55. The van der Waals surface area contributed by atoms with Gasteiger partial charge in [-0.05, 0) is 55.2 Å². The average molecular weight is 431 g/mol. The van der Waals surface area contributed by atoms with Gasteiger partial charge in [0, 0.05) is 49.6 Å². The molecule has 0 spiro atoms.